The van der Waals surface area contributed by atoms with E-state index in [4.69, 9.17) is 0 Å². The molecule has 0 aromatic rings. The van der Waals surface area contributed by atoms with Crippen LogP contribution in [0.15, 0.2) is 4.99 Å². The van der Waals surface area contributed by atoms with Crippen LogP contribution in [0.25, 0.3) is 0 Å². The first-order chi connectivity index (χ1) is 10.1. The minimum Gasteiger partial charge on any atom is -0.357 e. The predicted octanol–water partition coefficient (Wildman–Crippen LogP) is 3.19. The molecular formula is C14H30F3IN4S. The molecule has 0 aromatic carbocycles. The number of aliphatic imine (C=N–C) groups is 1. The Balaban J connectivity index is 0. The van der Waals surface area contributed by atoms with Crippen molar-refractivity contribution >= 4 is 41.7 Å². The van der Waals surface area contributed by atoms with Gasteiger partial charge in [-0.2, -0.15) is 24.9 Å². The van der Waals surface area contributed by atoms with Crippen LogP contribution in [0.4, 0.5) is 13.2 Å². The summed E-state index contributed by atoms with van der Waals surface area (Å²) in [6.07, 6.45) is -1.46. The Bertz CT molecular complexity index is 338. The number of rotatable bonds is 9. The summed E-state index contributed by atoms with van der Waals surface area (Å²) < 4.78 is 36.7. The Morgan fingerprint density at radius 1 is 1.22 bits per heavy atom. The summed E-state index contributed by atoms with van der Waals surface area (Å²) in [4.78, 5) is 5.79. The van der Waals surface area contributed by atoms with E-state index in [0.717, 1.165) is 6.54 Å². The van der Waals surface area contributed by atoms with Crippen LogP contribution in [0.3, 0.4) is 0 Å². The van der Waals surface area contributed by atoms with E-state index < -0.39 is 12.7 Å². The number of thioether (sulfide) groups is 1. The Labute approximate surface area is 159 Å². The molecule has 9 heteroatoms. The topological polar surface area (TPSA) is 39.7 Å². The van der Waals surface area contributed by atoms with Crippen LogP contribution < -0.4 is 10.6 Å². The van der Waals surface area contributed by atoms with Gasteiger partial charge in [0, 0.05) is 17.8 Å². The summed E-state index contributed by atoms with van der Waals surface area (Å²) in [7, 11) is 1.48. The molecule has 0 saturated heterocycles. The summed E-state index contributed by atoms with van der Waals surface area (Å²) >= 11 is 1.75. The lowest BCUT2D eigenvalue weighted by Crippen LogP contribution is -2.40. The minimum absolute atomic E-state index is 0. The third-order valence-electron chi connectivity index (χ3n) is 2.97. The number of guanidine groups is 1. The van der Waals surface area contributed by atoms with Gasteiger partial charge < -0.3 is 10.6 Å². The maximum atomic E-state index is 12.2. The number of nitrogens with one attached hydrogen (secondary N) is 2. The van der Waals surface area contributed by atoms with Gasteiger partial charge in [0.2, 0.25) is 0 Å². The molecule has 4 nitrogen and oxygen atoms in total. The largest absolute Gasteiger partial charge is 0.401 e. The van der Waals surface area contributed by atoms with Crippen molar-refractivity contribution in [2.24, 2.45) is 4.99 Å². The van der Waals surface area contributed by atoms with Crippen LogP contribution in [0.5, 0.6) is 0 Å². The van der Waals surface area contributed by atoms with E-state index in [-0.39, 0.29) is 28.7 Å². The van der Waals surface area contributed by atoms with Gasteiger partial charge >= 0.3 is 6.18 Å². The van der Waals surface area contributed by atoms with Gasteiger partial charge in [-0.05, 0) is 47.0 Å². The lowest BCUT2D eigenvalue weighted by Gasteiger charge is -2.21. The van der Waals surface area contributed by atoms with Gasteiger partial charge in [0.15, 0.2) is 5.96 Å². The summed E-state index contributed by atoms with van der Waals surface area (Å²) in [5.74, 6) is 0.711. The fraction of sp³-hybridized carbons (Fsp3) is 0.929. The molecule has 0 aromatic heterocycles. The Morgan fingerprint density at radius 3 is 2.30 bits per heavy atom. The van der Waals surface area contributed by atoms with Gasteiger partial charge in [-0.1, -0.05) is 0 Å². The van der Waals surface area contributed by atoms with Gasteiger partial charge in [0.05, 0.1) is 13.1 Å². The van der Waals surface area contributed by atoms with Gasteiger partial charge in [-0.25, -0.2) is 0 Å². The van der Waals surface area contributed by atoms with E-state index in [1.165, 1.54) is 11.9 Å². The van der Waals surface area contributed by atoms with Gasteiger partial charge in [-0.3, -0.25) is 9.89 Å². The lowest BCUT2D eigenvalue weighted by molar-refractivity contribution is -0.143. The van der Waals surface area contributed by atoms with Crippen molar-refractivity contribution in [3.05, 3.63) is 0 Å². The van der Waals surface area contributed by atoms with E-state index in [0.29, 0.717) is 32.0 Å². The third-order valence-corrected chi connectivity index (χ3v) is 4.21. The third kappa shape index (κ3) is 15.4. The number of hydrogen-bond acceptors (Lipinski definition) is 3. The van der Waals surface area contributed by atoms with Crippen LogP contribution in [-0.4, -0.2) is 67.8 Å². The van der Waals surface area contributed by atoms with Crippen LogP contribution >= 0.6 is 35.7 Å². The zero-order chi connectivity index (χ0) is 17.2. The highest BCUT2D eigenvalue weighted by Gasteiger charge is 2.28. The smallest absolute Gasteiger partial charge is 0.357 e. The average Bonchev–Trinajstić information content (AvgIpc) is 2.39. The Hall–Kier alpha value is 0.1000. The van der Waals surface area contributed by atoms with E-state index in [2.05, 4.69) is 29.5 Å². The van der Waals surface area contributed by atoms with Crippen LogP contribution in [0, 0.1) is 0 Å². The number of halogens is 4. The molecule has 0 atom stereocenters. The second-order valence-electron chi connectivity index (χ2n) is 5.79. The first kappa shape index (κ1) is 25.3. The molecule has 0 saturated carbocycles. The van der Waals surface area contributed by atoms with Gasteiger partial charge in [0.1, 0.15) is 0 Å². The van der Waals surface area contributed by atoms with Crippen molar-refractivity contribution < 1.29 is 13.2 Å². The number of nitrogens with zero attached hydrogens (tertiary/aromatic N) is 2. The van der Waals surface area contributed by atoms with E-state index >= 15 is 0 Å². The van der Waals surface area contributed by atoms with Crippen LogP contribution in [-0.2, 0) is 0 Å². The Morgan fingerprint density at radius 2 is 1.83 bits per heavy atom. The average molecular weight is 470 g/mol. The van der Waals surface area contributed by atoms with E-state index in [1.807, 2.05) is 13.2 Å². The normalized spacial score (nSPS) is 13.0. The molecule has 0 fully saturated rings. The molecule has 0 bridgehead atoms. The second kappa shape index (κ2) is 12.5. The molecule has 0 aliphatic rings. The van der Waals surface area contributed by atoms with Crippen molar-refractivity contribution in [1.29, 1.82) is 0 Å². The molecule has 23 heavy (non-hydrogen) atoms. The molecule has 0 radical (unpaired) electrons. The first-order valence-corrected chi connectivity index (χ1v) is 8.64. The predicted molar refractivity (Wildman–Crippen MR) is 105 cm³/mol. The molecule has 0 amide bonds. The SMILES string of the molecule is CCNC(=NCC(C)(C)SC)NCCCN(C)CC(F)(F)F.I. The van der Waals surface area contributed by atoms with Crippen molar-refractivity contribution in [1.82, 2.24) is 15.5 Å². The standard InChI is InChI=1S/C14H29F3N4S.HI/c1-6-18-12(20-10-13(2,3)22-5)19-8-7-9-21(4)11-14(15,16)17;/h6-11H2,1-5H3,(H2,18,19,20);1H. The highest BCUT2D eigenvalue weighted by Crippen LogP contribution is 2.20. The highest BCUT2D eigenvalue weighted by atomic mass is 127. The van der Waals surface area contributed by atoms with Crippen LogP contribution in [0.2, 0.25) is 0 Å². The minimum atomic E-state index is -4.14. The molecule has 0 spiro atoms. The molecule has 0 aliphatic carbocycles. The Kier molecular flexibility index (Phi) is 13.7. The molecule has 2 N–H and O–H groups in total. The highest BCUT2D eigenvalue weighted by molar-refractivity contribution is 14.0. The zero-order valence-electron chi connectivity index (χ0n) is 14.6. The molecule has 0 aliphatic heterocycles. The summed E-state index contributed by atoms with van der Waals surface area (Å²) in [5.41, 5.74) is 0. The molecule has 0 unspecified atom stereocenters. The van der Waals surface area contributed by atoms with Gasteiger partial charge in [0.25, 0.3) is 0 Å². The second-order valence-corrected chi connectivity index (χ2v) is 7.31. The zero-order valence-corrected chi connectivity index (χ0v) is 17.7. The number of hydrogen-bond donors (Lipinski definition) is 2. The van der Waals surface area contributed by atoms with Crippen molar-refractivity contribution in [2.75, 3.05) is 46.0 Å². The fourth-order valence-corrected chi connectivity index (χ4v) is 1.81. The molecular weight excluding hydrogens is 440 g/mol. The maximum Gasteiger partial charge on any atom is 0.401 e. The fourth-order valence-electron chi connectivity index (χ4n) is 1.62. The van der Waals surface area contributed by atoms with E-state index in [1.54, 1.807) is 11.8 Å². The van der Waals surface area contributed by atoms with Crippen molar-refractivity contribution in [2.45, 2.75) is 38.1 Å². The van der Waals surface area contributed by atoms with Crippen LogP contribution in [0.1, 0.15) is 27.2 Å². The maximum absolute atomic E-state index is 12.2. The summed E-state index contributed by atoms with van der Waals surface area (Å²) in [6, 6.07) is 0. The van der Waals surface area contributed by atoms with Gasteiger partial charge in [-0.15, -0.1) is 24.0 Å². The molecule has 0 heterocycles. The van der Waals surface area contributed by atoms with E-state index in [9.17, 15) is 13.2 Å². The lowest BCUT2D eigenvalue weighted by atomic mass is 10.2. The van der Waals surface area contributed by atoms with Crippen molar-refractivity contribution in [3.8, 4) is 0 Å². The first-order valence-electron chi connectivity index (χ1n) is 7.42. The quantitative estimate of drug-likeness (QED) is 0.235. The summed E-state index contributed by atoms with van der Waals surface area (Å²) in [5, 5.41) is 6.30. The molecule has 0 rings (SSSR count). The molecule has 140 valence electrons. The summed E-state index contributed by atoms with van der Waals surface area (Å²) in [6.45, 7) is 7.76. The number of alkyl halides is 3. The monoisotopic (exact) mass is 470 g/mol. The van der Waals surface area contributed by atoms with Crippen molar-refractivity contribution in [3.63, 3.8) is 0 Å².